The highest BCUT2D eigenvalue weighted by Crippen LogP contribution is 2.27. The first-order chi connectivity index (χ1) is 16.2. The largest absolute Gasteiger partial charge is 0.392 e. The number of benzene rings is 2. The topological polar surface area (TPSA) is 104 Å². The normalized spacial score (nSPS) is 13.8. The number of carbonyl (C=O) groups excluding carboxylic acids is 1. The fourth-order valence-electron chi connectivity index (χ4n) is 3.99. The second-order valence-corrected chi connectivity index (χ2v) is 7.76. The van der Waals surface area contributed by atoms with E-state index in [0.717, 1.165) is 16.7 Å². The quantitative estimate of drug-likeness (QED) is 0.524. The predicted octanol–water partition coefficient (Wildman–Crippen LogP) is 2.90. The van der Waals surface area contributed by atoms with Crippen LogP contribution in [-0.2, 0) is 11.3 Å². The minimum Gasteiger partial charge on any atom is -0.392 e. The van der Waals surface area contributed by atoms with Crippen molar-refractivity contribution in [2.75, 3.05) is 26.3 Å². The predicted molar refractivity (Wildman–Crippen MR) is 121 cm³/mol. The van der Waals surface area contributed by atoms with Gasteiger partial charge in [0.25, 0.3) is 5.91 Å². The van der Waals surface area contributed by atoms with E-state index in [0.29, 0.717) is 54.3 Å². The molecule has 5 rings (SSSR count). The van der Waals surface area contributed by atoms with E-state index in [2.05, 4.69) is 11.2 Å². The molecule has 33 heavy (non-hydrogen) atoms. The molecule has 0 aliphatic carbocycles. The zero-order valence-corrected chi connectivity index (χ0v) is 17.8. The summed E-state index contributed by atoms with van der Waals surface area (Å²) in [6.07, 6.45) is 3.58. The average molecular weight is 439 g/mol. The van der Waals surface area contributed by atoms with E-state index in [-0.39, 0.29) is 12.5 Å². The van der Waals surface area contributed by atoms with Crippen LogP contribution in [0.5, 0.6) is 0 Å². The molecule has 0 saturated carbocycles. The molecule has 1 amide bonds. The molecule has 0 spiro atoms. The molecular formula is C25H21N5O3. The van der Waals surface area contributed by atoms with Crippen LogP contribution in [0.3, 0.4) is 0 Å². The molecule has 1 aliphatic rings. The smallest absolute Gasteiger partial charge is 0.254 e. The molecule has 0 bridgehead atoms. The van der Waals surface area contributed by atoms with Crippen LogP contribution in [0.2, 0.25) is 0 Å². The van der Waals surface area contributed by atoms with Crippen LogP contribution >= 0.6 is 0 Å². The van der Waals surface area contributed by atoms with Crippen LogP contribution in [0.15, 0.2) is 60.9 Å². The molecule has 1 aliphatic heterocycles. The number of ether oxygens (including phenoxy) is 1. The number of hydrogen-bond acceptors (Lipinski definition) is 6. The maximum Gasteiger partial charge on any atom is 0.254 e. The molecule has 2 aromatic carbocycles. The van der Waals surface area contributed by atoms with Crippen LogP contribution < -0.4 is 0 Å². The van der Waals surface area contributed by atoms with Crippen molar-refractivity contribution < 1.29 is 14.6 Å². The summed E-state index contributed by atoms with van der Waals surface area (Å²) in [6, 6.07) is 16.7. The Kier molecular flexibility index (Phi) is 5.57. The van der Waals surface area contributed by atoms with Crippen molar-refractivity contribution in [1.82, 2.24) is 19.5 Å². The summed E-state index contributed by atoms with van der Waals surface area (Å²) in [4.78, 5) is 19.5. The monoisotopic (exact) mass is 439 g/mol. The summed E-state index contributed by atoms with van der Waals surface area (Å²) in [7, 11) is 0. The summed E-state index contributed by atoms with van der Waals surface area (Å²) >= 11 is 0. The van der Waals surface area contributed by atoms with E-state index in [4.69, 9.17) is 15.0 Å². The van der Waals surface area contributed by atoms with Gasteiger partial charge in [-0.2, -0.15) is 10.4 Å². The Balaban J connectivity index is 1.51. The second kappa shape index (κ2) is 8.82. The number of aliphatic hydroxyl groups excluding tert-OH is 1. The number of nitrogens with zero attached hydrogens (tertiary/aromatic N) is 5. The third kappa shape index (κ3) is 3.96. The van der Waals surface area contributed by atoms with Crippen LogP contribution in [-0.4, -0.2) is 56.8 Å². The Bertz CT molecular complexity index is 1370. The minimum atomic E-state index is -0.245. The number of hydrogen-bond donors (Lipinski definition) is 1. The highest BCUT2D eigenvalue weighted by molar-refractivity contribution is 5.96. The van der Waals surface area contributed by atoms with Crippen molar-refractivity contribution in [3.05, 3.63) is 77.6 Å². The number of aliphatic hydroxyl groups is 1. The summed E-state index contributed by atoms with van der Waals surface area (Å²) in [5.41, 5.74) is 5.59. The third-order valence-electron chi connectivity index (χ3n) is 5.79. The number of amides is 1. The SMILES string of the molecule is N#Cc1ccc(-c2cnn3ccc(-c4ccc(C(=O)N5CCOCC5)c(CO)c4)nc23)cc1. The maximum atomic E-state index is 12.9. The molecule has 0 unspecified atom stereocenters. The summed E-state index contributed by atoms with van der Waals surface area (Å²) < 4.78 is 7.02. The number of fused-ring (bicyclic) bond motifs is 1. The number of morpholine rings is 1. The minimum absolute atomic E-state index is 0.101. The average Bonchev–Trinajstić information content (AvgIpc) is 3.31. The van der Waals surface area contributed by atoms with Gasteiger partial charge in [0.15, 0.2) is 5.65 Å². The Morgan fingerprint density at radius 1 is 1.09 bits per heavy atom. The number of aromatic nitrogens is 3. The van der Waals surface area contributed by atoms with Gasteiger partial charge in [0.05, 0.1) is 43.3 Å². The summed E-state index contributed by atoms with van der Waals surface area (Å²) in [5.74, 6) is -0.101. The summed E-state index contributed by atoms with van der Waals surface area (Å²) in [6.45, 7) is 1.89. The lowest BCUT2D eigenvalue weighted by molar-refractivity contribution is 0.0301. The van der Waals surface area contributed by atoms with Crippen molar-refractivity contribution >= 4 is 11.6 Å². The standard InChI is InChI=1S/C25H21N5O3/c26-14-17-1-3-18(4-2-17)22-15-27-30-8-7-23(28-24(22)30)19-5-6-21(20(13-19)16-31)25(32)29-9-11-33-12-10-29/h1-8,13,15,31H,9-12,16H2. The first-order valence-electron chi connectivity index (χ1n) is 10.6. The van der Waals surface area contributed by atoms with Gasteiger partial charge in [-0.3, -0.25) is 4.79 Å². The van der Waals surface area contributed by atoms with Crippen molar-refractivity contribution in [2.24, 2.45) is 0 Å². The summed E-state index contributed by atoms with van der Waals surface area (Å²) in [5, 5.41) is 23.4. The number of rotatable bonds is 4. The van der Waals surface area contributed by atoms with Crippen molar-refractivity contribution in [1.29, 1.82) is 5.26 Å². The zero-order valence-electron chi connectivity index (χ0n) is 17.8. The van der Waals surface area contributed by atoms with Gasteiger partial charge in [0, 0.05) is 36.0 Å². The fourth-order valence-corrected chi connectivity index (χ4v) is 3.99. The number of carbonyl (C=O) groups is 1. The lowest BCUT2D eigenvalue weighted by Gasteiger charge is -2.27. The number of nitriles is 1. The molecule has 164 valence electrons. The molecule has 8 nitrogen and oxygen atoms in total. The van der Waals surface area contributed by atoms with Gasteiger partial charge in [0.1, 0.15) is 0 Å². The zero-order chi connectivity index (χ0) is 22.8. The molecule has 1 N–H and O–H groups in total. The van der Waals surface area contributed by atoms with Crippen molar-refractivity contribution in [3.63, 3.8) is 0 Å². The fraction of sp³-hybridized carbons (Fsp3) is 0.200. The molecule has 8 heteroatoms. The molecule has 0 radical (unpaired) electrons. The Morgan fingerprint density at radius 3 is 2.58 bits per heavy atom. The van der Waals surface area contributed by atoms with Crippen LogP contribution in [0.1, 0.15) is 21.5 Å². The third-order valence-corrected chi connectivity index (χ3v) is 5.79. The van der Waals surface area contributed by atoms with Crippen LogP contribution in [0.25, 0.3) is 28.0 Å². The first-order valence-corrected chi connectivity index (χ1v) is 10.6. The van der Waals surface area contributed by atoms with E-state index < -0.39 is 0 Å². The molecule has 1 fully saturated rings. The second-order valence-electron chi connectivity index (χ2n) is 7.76. The van der Waals surface area contributed by atoms with Gasteiger partial charge in [-0.25, -0.2) is 9.50 Å². The Morgan fingerprint density at radius 2 is 1.85 bits per heavy atom. The van der Waals surface area contributed by atoms with Gasteiger partial charge in [0.2, 0.25) is 0 Å². The van der Waals surface area contributed by atoms with E-state index in [1.54, 1.807) is 33.8 Å². The van der Waals surface area contributed by atoms with Gasteiger partial charge >= 0.3 is 0 Å². The molecule has 3 heterocycles. The van der Waals surface area contributed by atoms with Crippen molar-refractivity contribution in [2.45, 2.75) is 6.61 Å². The van der Waals surface area contributed by atoms with E-state index in [9.17, 15) is 9.90 Å². The van der Waals surface area contributed by atoms with Crippen LogP contribution in [0, 0.1) is 11.3 Å². The molecule has 4 aromatic rings. The maximum absolute atomic E-state index is 12.9. The highest BCUT2D eigenvalue weighted by atomic mass is 16.5. The van der Waals surface area contributed by atoms with Gasteiger partial charge in [-0.05, 0) is 41.5 Å². The van der Waals surface area contributed by atoms with E-state index in [1.807, 2.05) is 36.5 Å². The van der Waals surface area contributed by atoms with Gasteiger partial charge < -0.3 is 14.7 Å². The Labute approximate surface area is 190 Å². The first kappa shape index (κ1) is 20.8. The van der Waals surface area contributed by atoms with Crippen LogP contribution in [0.4, 0.5) is 0 Å². The Hall–Kier alpha value is -4.06. The molecular weight excluding hydrogens is 418 g/mol. The molecule has 2 aromatic heterocycles. The van der Waals surface area contributed by atoms with E-state index in [1.165, 1.54) is 0 Å². The van der Waals surface area contributed by atoms with Gasteiger partial charge in [-0.1, -0.05) is 18.2 Å². The highest BCUT2D eigenvalue weighted by Gasteiger charge is 2.21. The molecule has 1 saturated heterocycles. The molecule has 0 atom stereocenters. The van der Waals surface area contributed by atoms with Crippen molar-refractivity contribution in [3.8, 4) is 28.5 Å². The van der Waals surface area contributed by atoms with E-state index >= 15 is 0 Å². The lowest BCUT2D eigenvalue weighted by Crippen LogP contribution is -2.41. The van der Waals surface area contributed by atoms with Gasteiger partial charge in [-0.15, -0.1) is 0 Å². The lowest BCUT2D eigenvalue weighted by atomic mass is 10.0.